The molecule has 0 amide bonds. The lowest BCUT2D eigenvalue weighted by atomic mass is 10.1. The predicted octanol–water partition coefficient (Wildman–Crippen LogP) is 3.80. The number of aromatic nitrogens is 2. The molecule has 2 rings (SSSR count). The van der Waals surface area contributed by atoms with Crippen LogP contribution in [0.2, 0.25) is 0 Å². The van der Waals surface area contributed by atoms with Gasteiger partial charge in [-0.25, -0.2) is 0 Å². The van der Waals surface area contributed by atoms with Gasteiger partial charge in [0.15, 0.2) is 0 Å². The van der Waals surface area contributed by atoms with Gasteiger partial charge in [0.1, 0.15) is 5.69 Å². The van der Waals surface area contributed by atoms with Gasteiger partial charge in [-0.05, 0) is 25.3 Å². The first-order valence-corrected chi connectivity index (χ1v) is 6.58. The van der Waals surface area contributed by atoms with E-state index in [2.05, 4.69) is 38.0 Å². The van der Waals surface area contributed by atoms with Crippen LogP contribution in [0.25, 0.3) is 11.3 Å². The number of nitrogen functional groups attached to an aromatic ring is 1. The summed E-state index contributed by atoms with van der Waals surface area (Å²) in [4.78, 5) is 0. The maximum atomic E-state index is 6.11. The highest BCUT2D eigenvalue weighted by molar-refractivity contribution is 5.74. The average Bonchev–Trinajstić information content (AvgIpc) is 2.73. The van der Waals surface area contributed by atoms with Crippen molar-refractivity contribution in [2.45, 2.75) is 39.7 Å². The molecule has 0 aliphatic carbocycles. The summed E-state index contributed by atoms with van der Waals surface area (Å²) in [5.41, 5.74) is 10.1. The van der Waals surface area contributed by atoms with E-state index in [1.165, 1.54) is 5.56 Å². The standard InChI is InChI=1S/C15H21N3/c1-4-12(5-2)18-10-14(16)15(17-18)13-9-7-6-8-11(13)3/h6-10,12H,4-5,16H2,1-3H3. The highest BCUT2D eigenvalue weighted by Crippen LogP contribution is 2.29. The molecule has 0 spiro atoms. The van der Waals surface area contributed by atoms with Crippen LogP contribution in [0.4, 0.5) is 5.69 Å². The van der Waals surface area contributed by atoms with Gasteiger partial charge in [0.05, 0.1) is 11.7 Å². The van der Waals surface area contributed by atoms with Crippen molar-refractivity contribution in [1.82, 2.24) is 9.78 Å². The first-order valence-electron chi connectivity index (χ1n) is 6.58. The number of benzene rings is 1. The Hall–Kier alpha value is -1.77. The molecule has 0 bridgehead atoms. The van der Waals surface area contributed by atoms with Crippen molar-refractivity contribution >= 4 is 5.69 Å². The summed E-state index contributed by atoms with van der Waals surface area (Å²) in [5.74, 6) is 0. The first-order chi connectivity index (χ1) is 8.67. The van der Waals surface area contributed by atoms with Crippen molar-refractivity contribution in [3.05, 3.63) is 36.0 Å². The van der Waals surface area contributed by atoms with Crippen LogP contribution in [0, 0.1) is 6.92 Å². The fourth-order valence-corrected chi connectivity index (χ4v) is 2.30. The van der Waals surface area contributed by atoms with Gasteiger partial charge in [-0.3, -0.25) is 4.68 Å². The molecule has 3 heteroatoms. The summed E-state index contributed by atoms with van der Waals surface area (Å²) in [7, 11) is 0. The minimum atomic E-state index is 0.435. The van der Waals surface area contributed by atoms with Crippen molar-refractivity contribution < 1.29 is 0 Å². The molecular formula is C15H21N3. The zero-order valence-electron chi connectivity index (χ0n) is 11.4. The molecule has 0 radical (unpaired) electrons. The molecule has 0 aliphatic heterocycles. The molecule has 1 heterocycles. The van der Waals surface area contributed by atoms with Crippen LogP contribution in [0.5, 0.6) is 0 Å². The third kappa shape index (κ3) is 2.26. The van der Waals surface area contributed by atoms with Crippen LogP contribution in [-0.2, 0) is 0 Å². The lowest BCUT2D eigenvalue weighted by Crippen LogP contribution is -2.07. The highest BCUT2D eigenvalue weighted by Gasteiger charge is 2.14. The SMILES string of the molecule is CCC(CC)n1cc(N)c(-c2ccccc2C)n1. The number of hydrogen-bond donors (Lipinski definition) is 1. The molecule has 0 unspecified atom stereocenters. The van der Waals surface area contributed by atoms with E-state index < -0.39 is 0 Å². The van der Waals surface area contributed by atoms with Gasteiger partial charge in [-0.15, -0.1) is 0 Å². The van der Waals surface area contributed by atoms with E-state index in [-0.39, 0.29) is 0 Å². The van der Waals surface area contributed by atoms with E-state index in [9.17, 15) is 0 Å². The number of rotatable bonds is 4. The van der Waals surface area contributed by atoms with E-state index in [1.54, 1.807) is 0 Å². The summed E-state index contributed by atoms with van der Waals surface area (Å²) in [5, 5.41) is 4.67. The Kier molecular flexibility index (Phi) is 3.70. The van der Waals surface area contributed by atoms with Gasteiger partial charge in [0.2, 0.25) is 0 Å². The molecular weight excluding hydrogens is 222 g/mol. The number of nitrogens with zero attached hydrogens (tertiary/aromatic N) is 2. The fraction of sp³-hybridized carbons (Fsp3) is 0.400. The highest BCUT2D eigenvalue weighted by atomic mass is 15.3. The number of hydrogen-bond acceptors (Lipinski definition) is 2. The van der Waals surface area contributed by atoms with Gasteiger partial charge in [-0.1, -0.05) is 38.1 Å². The van der Waals surface area contributed by atoms with E-state index in [4.69, 9.17) is 5.73 Å². The Balaban J connectivity index is 2.44. The molecule has 1 aromatic carbocycles. The minimum absolute atomic E-state index is 0.435. The molecule has 96 valence electrons. The zero-order valence-corrected chi connectivity index (χ0v) is 11.4. The molecule has 2 N–H and O–H groups in total. The summed E-state index contributed by atoms with van der Waals surface area (Å²) >= 11 is 0. The van der Waals surface area contributed by atoms with Gasteiger partial charge in [0.25, 0.3) is 0 Å². The van der Waals surface area contributed by atoms with Crippen molar-refractivity contribution in [2.24, 2.45) is 0 Å². The van der Waals surface area contributed by atoms with Crippen LogP contribution in [0.3, 0.4) is 0 Å². The Morgan fingerprint density at radius 2 is 1.89 bits per heavy atom. The van der Waals surface area contributed by atoms with Gasteiger partial charge >= 0.3 is 0 Å². The molecule has 0 fully saturated rings. The largest absolute Gasteiger partial charge is 0.396 e. The Bertz CT molecular complexity index is 524. The molecule has 0 atom stereocenters. The van der Waals surface area contributed by atoms with E-state index in [1.807, 2.05) is 23.0 Å². The molecule has 0 saturated heterocycles. The molecule has 18 heavy (non-hydrogen) atoms. The van der Waals surface area contributed by atoms with E-state index in [0.717, 1.165) is 29.8 Å². The average molecular weight is 243 g/mol. The topological polar surface area (TPSA) is 43.8 Å². The van der Waals surface area contributed by atoms with Gasteiger partial charge in [-0.2, -0.15) is 5.10 Å². The van der Waals surface area contributed by atoms with Crippen LogP contribution < -0.4 is 5.73 Å². The van der Waals surface area contributed by atoms with Crippen LogP contribution in [0.1, 0.15) is 38.3 Å². The Morgan fingerprint density at radius 1 is 1.22 bits per heavy atom. The van der Waals surface area contributed by atoms with E-state index >= 15 is 0 Å². The third-order valence-corrected chi connectivity index (χ3v) is 3.48. The molecule has 0 aliphatic rings. The lowest BCUT2D eigenvalue weighted by molar-refractivity contribution is 0.429. The second-order valence-electron chi connectivity index (χ2n) is 4.70. The minimum Gasteiger partial charge on any atom is -0.396 e. The number of anilines is 1. The summed E-state index contributed by atoms with van der Waals surface area (Å²) in [6.07, 6.45) is 4.11. The molecule has 3 nitrogen and oxygen atoms in total. The number of aryl methyl sites for hydroxylation is 1. The Morgan fingerprint density at radius 3 is 2.50 bits per heavy atom. The molecule has 1 aromatic heterocycles. The van der Waals surface area contributed by atoms with Crippen LogP contribution >= 0.6 is 0 Å². The normalized spacial score (nSPS) is 11.1. The number of nitrogens with two attached hydrogens (primary N) is 1. The predicted molar refractivity (Wildman–Crippen MR) is 76.4 cm³/mol. The second-order valence-corrected chi connectivity index (χ2v) is 4.70. The quantitative estimate of drug-likeness (QED) is 0.887. The van der Waals surface area contributed by atoms with Crippen LogP contribution in [0.15, 0.2) is 30.5 Å². The first kappa shape index (κ1) is 12.7. The summed E-state index contributed by atoms with van der Waals surface area (Å²) < 4.78 is 2.01. The molecule has 2 aromatic rings. The monoisotopic (exact) mass is 243 g/mol. The van der Waals surface area contributed by atoms with Crippen molar-refractivity contribution in [1.29, 1.82) is 0 Å². The van der Waals surface area contributed by atoms with Crippen LogP contribution in [-0.4, -0.2) is 9.78 Å². The summed E-state index contributed by atoms with van der Waals surface area (Å²) in [6, 6.07) is 8.66. The zero-order chi connectivity index (χ0) is 13.1. The molecule has 0 saturated carbocycles. The lowest BCUT2D eigenvalue weighted by Gasteiger charge is -2.12. The van der Waals surface area contributed by atoms with Crippen molar-refractivity contribution in [3.8, 4) is 11.3 Å². The van der Waals surface area contributed by atoms with Crippen molar-refractivity contribution in [3.63, 3.8) is 0 Å². The summed E-state index contributed by atoms with van der Waals surface area (Å²) in [6.45, 7) is 6.45. The van der Waals surface area contributed by atoms with Gasteiger partial charge < -0.3 is 5.73 Å². The fourth-order valence-electron chi connectivity index (χ4n) is 2.30. The maximum Gasteiger partial charge on any atom is 0.115 e. The van der Waals surface area contributed by atoms with E-state index in [0.29, 0.717) is 6.04 Å². The smallest absolute Gasteiger partial charge is 0.115 e. The Labute approximate surface area is 109 Å². The van der Waals surface area contributed by atoms with Crippen molar-refractivity contribution in [2.75, 3.05) is 5.73 Å². The third-order valence-electron chi connectivity index (χ3n) is 3.48. The second kappa shape index (κ2) is 5.25. The maximum absolute atomic E-state index is 6.11. The van der Waals surface area contributed by atoms with Gasteiger partial charge in [0, 0.05) is 11.8 Å².